The number of para-hydroxylation sites is 1. The first-order valence-electron chi connectivity index (χ1n) is 45.3. The summed E-state index contributed by atoms with van der Waals surface area (Å²) < 4.78 is 216. The van der Waals surface area contributed by atoms with Gasteiger partial charge >= 0.3 is 53.9 Å². The number of pyridine rings is 1. The van der Waals surface area contributed by atoms with Crippen LogP contribution in [-0.2, 0) is 102 Å². The van der Waals surface area contributed by atoms with Crippen LogP contribution in [-0.4, -0.2) is 257 Å². The fourth-order valence-corrected chi connectivity index (χ4v) is 19.2. The fourth-order valence-electron chi connectivity index (χ4n) is 17.7. The van der Waals surface area contributed by atoms with Gasteiger partial charge in [-0.25, -0.2) is 54.9 Å². The molecule has 4 saturated carbocycles. The third kappa shape index (κ3) is 31.8. The minimum absolute atomic E-state index is 0.00270. The minimum atomic E-state index is -4.81. The number of ether oxygens (including phenoxy) is 2. The maximum atomic E-state index is 14.7. The maximum Gasteiger partial charge on any atom is 0.573 e. The van der Waals surface area contributed by atoms with Gasteiger partial charge in [0.15, 0.2) is 0 Å². The van der Waals surface area contributed by atoms with Gasteiger partial charge in [0.2, 0.25) is 29.0 Å². The number of nitrogens with two attached hydrogens (primary N) is 4. The lowest BCUT2D eigenvalue weighted by molar-refractivity contribution is -0.275. The number of halogens is 7. The summed E-state index contributed by atoms with van der Waals surface area (Å²) in [7, 11) is -16.6. The summed E-state index contributed by atoms with van der Waals surface area (Å²) in [5.74, 6) is -3.73. The van der Waals surface area contributed by atoms with Crippen molar-refractivity contribution in [2.45, 2.75) is 152 Å². The number of fused-ring (bicyclic) bond motifs is 1. The Labute approximate surface area is 833 Å². The van der Waals surface area contributed by atoms with E-state index in [1.54, 1.807) is 52.4 Å². The molecular weight excluding hydrogens is 2030 g/mol. The van der Waals surface area contributed by atoms with Gasteiger partial charge in [-0.1, -0.05) is 42.5 Å². The van der Waals surface area contributed by atoms with E-state index in [9.17, 15) is 109 Å². The Morgan fingerprint density at radius 3 is 1.40 bits per heavy atom. The molecule has 9 aromatic heterocycles. The average Bonchev–Trinajstić information content (AvgIpc) is 1.70. The number of likely N-dealkylation sites (tertiary alicyclic amines) is 1. The van der Waals surface area contributed by atoms with Gasteiger partial charge in [0.05, 0.1) is 98.9 Å². The largest absolute Gasteiger partial charge is 0.573 e. The number of furan rings is 1. The molecule has 1 aliphatic heterocycles. The summed E-state index contributed by atoms with van der Waals surface area (Å²) in [5.41, 5.74) is 4.20. The molecule has 4 aliphatic carbocycles. The van der Waals surface area contributed by atoms with Crippen LogP contribution in [0.2, 0.25) is 0 Å². The highest BCUT2D eigenvalue weighted by molar-refractivity contribution is 7.85. The topological polar surface area (TPSA) is 664 Å². The van der Waals surface area contributed by atoms with E-state index < -0.39 is 132 Å². The summed E-state index contributed by atoms with van der Waals surface area (Å²) in [6.07, 6.45) is 6.98. The van der Waals surface area contributed by atoms with Crippen LogP contribution in [0.25, 0.3) is 11.0 Å². The zero-order chi connectivity index (χ0) is 105. The smallest absolute Gasteiger partial charge is 0.459 e. The van der Waals surface area contributed by atoms with Crippen LogP contribution >= 0.6 is 0 Å². The lowest BCUT2D eigenvalue weighted by Gasteiger charge is -2.18. The molecule has 786 valence electrons. The van der Waals surface area contributed by atoms with Gasteiger partial charge in [-0.15, -0.1) is 26.3 Å². The molecule has 17 rings (SSSR count). The van der Waals surface area contributed by atoms with E-state index >= 15 is 0 Å². The number of aliphatic hydroxyl groups excluding tert-OH is 4. The number of anilines is 2. The van der Waals surface area contributed by atoms with Crippen molar-refractivity contribution in [2.75, 3.05) is 50.2 Å². The van der Waals surface area contributed by atoms with Crippen LogP contribution in [0.4, 0.5) is 42.4 Å². The maximum absolute atomic E-state index is 14.7. The van der Waals surface area contributed by atoms with Crippen molar-refractivity contribution in [1.82, 2.24) is 78.9 Å². The molecule has 13 atom stereocenters. The van der Waals surface area contributed by atoms with Crippen LogP contribution in [0, 0.1) is 35.5 Å². The summed E-state index contributed by atoms with van der Waals surface area (Å²) in [6, 6.07) is 27.1. The second-order valence-corrected chi connectivity index (χ2v) is 40.2. The number of nitrogens with one attached hydrogen (secondary N) is 2. The highest BCUT2D eigenvalue weighted by Gasteiger charge is 2.45. The molecule has 14 N–H and O–H groups in total. The van der Waals surface area contributed by atoms with Gasteiger partial charge in [0.25, 0.3) is 0 Å². The molecule has 57 heteroatoms. The van der Waals surface area contributed by atoms with E-state index in [0.29, 0.717) is 111 Å². The molecule has 46 nitrogen and oxygen atoms in total. The van der Waals surface area contributed by atoms with Gasteiger partial charge in [0.1, 0.15) is 89.0 Å². The molecule has 5 aliphatic rings. The number of benzene rings is 3. The second-order valence-electron chi connectivity index (χ2n) is 35.3. The molecule has 147 heavy (non-hydrogen) atoms. The highest BCUT2D eigenvalue weighted by Crippen LogP contribution is 2.39. The number of aromatic nitrogens is 15. The van der Waals surface area contributed by atoms with Crippen LogP contribution in [0.5, 0.6) is 11.5 Å². The number of amides is 1. The fraction of sp³-hybridized carbons (Fsp3) is 0.400. The average molecular weight is 2130 g/mol. The van der Waals surface area contributed by atoms with E-state index in [-0.39, 0.29) is 138 Å². The molecule has 1 saturated heterocycles. The van der Waals surface area contributed by atoms with Crippen molar-refractivity contribution in [3.63, 3.8) is 0 Å². The first kappa shape index (κ1) is 109. The second kappa shape index (κ2) is 47.6. The molecule has 0 bridgehead atoms. The SMILES string of the molecule is NS(=O)(=O)OC[C@H]1C[C@@H](Cc2ccncc2C(=O)c2ccn(Cc3cccc(OC(F)(F)F)c3)n2)C[C@@H]1O.NS(=O)(=O)OC[C@H]1C[C@@H](Cc2ncncc2C(=O)c2ccn(Cc3cccc(OC(F)(F)F)c3)n2)C[C@@H]1O.NS(=O)(=O)OC[C@H]1C[C@@H](Nc2ncncc2C(=O)c2ccn(CC(=O)N3CCCC3)n2)[C@@H](F)[C@@H]1O.NS(=O)(=O)OC[C@H]1C[C@@H](Nc2ncncc2C(=O)c2ccn(Cc3cc4ccccc4o3)n2)C[C@@H]1O. The molecule has 0 radical (unpaired) electrons. The number of rotatable bonds is 38. The Kier molecular flexibility index (Phi) is 35.4. The number of alkyl halides is 7. The Morgan fingerprint density at radius 1 is 0.456 bits per heavy atom. The van der Waals surface area contributed by atoms with Gasteiger partial charge in [0, 0.05) is 110 Å². The quantitative estimate of drug-likeness (QED) is 0.0173. The predicted octanol–water partition coefficient (Wildman–Crippen LogP) is 5.32. The molecule has 1 amide bonds. The zero-order valence-electron chi connectivity index (χ0n) is 77.4. The number of nitrogens with zero attached hydrogens (tertiary/aromatic N) is 16. The molecular formula is C90H99F7N22O24S4. The zero-order valence-corrected chi connectivity index (χ0v) is 80.6. The Morgan fingerprint density at radius 2 is 0.891 bits per heavy atom. The summed E-state index contributed by atoms with van der Waals surface area (Å²) in [6.45, 7) is 0.835. The Hall–Kier alpha value is -13.4. The van der Waals surface area contributed by atoms with Gasteiger partial charge in [-0.05, 0) is 166 Å². The van der Waals surface area contributed by atoms with E-state index in [2.05, 4.69) is 92.1 Å². The van der Waals surface area contributed by atoms with Crippen molar-refractivity contribution < 1.29 is 139 Å². The monoisotopic (exact) mass is 2130 g/mol. The number of hydrogen-bond donors (Lipinski definition) is 10. The van der Waals surface area contributed by atoms with Gasteiger partial charge in [-0.3, -0.25) is 64.4 Å². The molecule has 10 heterocycles. The molecule has 0 unspecified atom stereocenters. The van der Waals surface area contributed by atoms with Gasteiger partial charge < -0.3 is 49.9 Å². The minimum Gasteiger partial charge on any atom is -0.459 e. The normalized spacial score (nSPS) is 21.1. The van der Waals surface area contributed by atoms with Crippen molar-refractivity contribution in [3.05, 3.63) is 257 Å². The lowest BCUT2D eigenvalue weighted by Crippen LogP contribution is -2.33. The van der Waals surface area contributed by atoms with Crippen molar-refractivity contribution in [2.24, 2.45) is 56.1 Å². The molecule has 12 aromatic rings. The third-order valence-electron chi connectivity index (χ3n) is 24.5. The first-order valence-corrected chi connectivity index (χ1v) is 51.1. The Balaban J connectivity index is 0.000000155. The standard InChI is InChI=1S/C24H25F3N4O6S.C23H24F3N5O6S.C23H24N6O6S.C20H26FN7O6S/c25-24(26,27)37-19-3-1-2-15(10-19)13-31-7-5-21(30-31)23(33)20-12-29-6-4-17(20)8-16-9-18(22(32)11-16)14-36-38(28,34)35;24-23(25,26)37-17-3-1-2-14(7-17)11-31-5-4-19(30-31)22(33)18-10-28-13-29-20(18)8-15-6-16(21(32)9-15)12-36-38(27,34)35;24-36(32,33)34-12-15-7-16(9-20(15)30)27-23-18(10-25-13-26-23)22(31)19-5-6-29(28-19)11-17-8-14-3-1-2-4-21(14)35-17;21-17-15(7-12(18(17)30)10-34-35(22,32)33)25-20-13(8-23-11-24-20)19(31)14-3-6-28(26-14)9-16(29)27-4-1-2-5-27/h1-7,10,12,16,18,22,32H,8-9,11,13-14H2,(H2,28,34,35);1-5,7,10,13,15-16,21,32H,6,8-9,11-12H2,(H2,27,34,35);1-6,8,10,13,15-16,20,30H,7,9,11-12H2,(H2,24,32,33)(H,25,26,27);3,6,8,11-12,15,17-18,30H,1-2,4-5,7,9-10H2,(H2,22,32,33)(H,23,24,25)/t16-,18-,22+;15-,16+,21-;15-,16-,20+;12-,15-,17-,18-/m1011/s1. The van der Waals surface area contributed by atoms with Crippen molar-refractivity contribution in [1.29, 1.82) is 0 Å². The lowest BCUT2D eigenvalue weighted by atomic mass is 9.93. The third-order valence-corrected chi connectivity index (χ3v) is 26.3. The summed E-state index contributed by atoms with van der Waals surface area (Å²) in [5, 5.41) is 84.5. The Bertz CT molecular complexity index is 6900. The molecule has 0 spiro atoms. The number of aliphatic hydroxyl groups is 4. The van der Waals surface area contributed by atoms with Crippen LogP contribution < -0.4 is 40.7 Å². The number of carbonyl (C=O) groups is 5. The van der Waals surface area contributed by atoms with E-state index in [1.165, 1.54) is 125 Å². The molecule has 5 fully saturated rings. The van der Waals surface area contributed by atoms with E-state index in [1.807, 2.05) is 30.3 Å². The van der Waals surface area contributed by atoms with Crippen LogP contribution in [0.15, 0.2) is 188 Å². The van der Waals surface area contributed by atoms with Crippen LogP contribution in [0.3, 0.4) is 0 Å². The number of carbonyl (C=O) groups excluding carboxylic acids is 5. The van der Waals surface area contributed by atoms with Crippen molar-refractivity contribution in [3.8, 4) is 11.5 Å². The predicted molar refractivity (Wildman–Crippen MR) is 499 cm³/mol. The van der Waals surface area contributed by atoms with E-state index in [4.69, 9.17) is 25.0 Å². The summed E-state index contributed by atoms with van der Waals surface area (Å²) >= 11 is 0. The van der Waals surface area contributed by atoms with Crippen molar-refractivity contribution >= 4 is 92.9 Å². The highest BCUT2D eigenvalue weighted by atomic mass is 32.2. The number of ketones is 4. The number of hydrogen-bond acceptors (Lipinski definition) is 37. The molecule has 3 aromatic carbocycles. The summed E-state index contributed by atoms with van der Waals surface area (Å²) in [4.78, 5) is 95.2. The van der Waals surface area contributed by atoms with Crippen LogP contribution in [0.1, 0.15) is 150 Å². The van der Waals surface area contributed by atoms with Gasteiger partial charge in [-0.2, -0.15) is 54.1 Å². The first-order chi connectivity index (χ1) is 69.6. The van der Waals surface area contributed by atoms with E-state index in [0.717, 1.165) is 23.8 Å².